The van der Waals surface area contributed by atoms with E-state index in [4.69, 9.17) is 9.26 Å². The average molecular weight is 482 g/mol. The molecule has 3 heterocycles. The van der Waals surface area contributed by atoms with Gasteiger partial charge in [0.05, 0.1) is 11.4 Å². The maximum absolute atomic E-state index is 10.7. The minimum Gasteiger partial charge on any atom is -0.490 e. The van der Waals surface area contributed by atoms with Gasteiger partial charge >= 0.3 is 0 Å². The number of β-amino-alcohol motifs (C(OH)–C–C–N with tert-alkyl or cyclic N) is 1. The number of nitrogens with one attached hydrogen (secondary N) is 1. The van der Waals surface area contributed by atoms with Crippen molar-refractivity contribution in [3.05, 3.63) is 84.1 Å². The number of hydrogen-bond acceptors (Lipinski definition) is 5. The molecule has 3 aromatic carbocycles. The molecule has 6 heteroatoms. The molecule has 6 nitrogen and oxygen atoms in total. The van der Waals surface area contributed by atoms with E-state index in [-0.39, 0.29) is 6.61 Å². The summed E-state index contributed by atoms with van der Waals surface area (Å²) in [5.41, 5.74) is 4.08. The second kappa shape index (κ2) is 9.80. The first-order valence-electron chi connectivity index (χ1n) is 12.7. The highest BCUT2D eigenvalue weighted by molar-refractivity contribution is 5.90. The second-order valence-electron chi connectivity index (χ2n) is 9.88. The molecule has 0 aliphatic carbocycles. The van der Waals surface area contributed by atoms with Crippen molar-refractivity contribution in [2.45, 2.75) is 31.8 Å². The highest BCUT2D eigenvalue weighted by atomic mass is 16.5. The van der Waals surface area contributed by atoms with Gasteiger partial charge < -0.3 is 24.3 Å². The summed E-state index contributed by atoms with van der Waals surface area (Å²) >= 11 is 0. The fourth-order valence-electron chi connectivity index (χ4n) is 5.32. The topological polar surface area (TPSA) is 74.5 Å². The Kier molecular flexibility index (Phi) is 6.21. The Bertz CT molecular complexity index is 1480. The molecule has 0 amide bonds. The van der Waals surface area contributed by atoms with Gasteiger partial charge in [0.25, 0.3) is 0 Å². The van der Waals surface area contributed by atoms with E-state index < -0.39 is 6.10 Å². The summed E-state index contributed by atoms with van der Waals surface area (Å²) in [4.78, 5) is 5.72. The van der Waals surface area contributed by atoms with Crippen LogP contribution >= 0.6 is 0 Å². The van der Waals surface area contributed by atoms with Gasteiger partial charge in [0.15, 0.2) is 5.76 Å². The molecule has 0 bridgehead atoms. The number of aryl methyl sites for hydroxylation is 1. The number of ether oxygens (including phenoxy) is 1. The number of piperidine rings is 1. The summed E-state index contributed by atoms with van der Waals surface area (Å²) in [7, 11) is 0. The number of nitrogens with zero attached hydrogens (tertiary/aromatic N) is 2. The highest BCUT2D eigenvalue weighted by Crippen LogP contribution is 2.32. The van der Waals surface area contributed by atoms with Crippen LogP contribution in [0, 0.1) is 6.92 Å². The van der Waals surface area contributed by atoms with Gasteiger partial charge in [-0.15, -0.1) is 0 Å². The Labute approximate surface area is 210 Å². The summed E-state index contributed by atoms with van der Waals surface area (Å²) in [5.74, 6) is 2.02. The van der Waals surface area contributed by atoms with Crippen LogP contribution in [0.2, 0.25) is 0 Å². The zero-order valence-corrected chi connectivity index (χ0v) is 20.5. The SMILES string of the molecule is Cc1cc(-c2cc3c(OCC(O)CN4CCC(c5ccc6ccccc6c5)CC4)cccc3[nH]2)on1. The van der Waals surface area contributed by atoms with Crippen molar-refractivity contribution in [1.82, 2.24) is 15.0 Å². The molecular weight excluding hydrogens is 450 g/mol. The molecule has 1 atom stereocenters. The molecule has 2 N–H and O–H groups in total. The van der Waals surface area contributed by atoms with Crippen LogP contribution in [0.1, 0.15) is 30.0 Å². The van der Waals surface area contributed by atoms with Crippen molar-refractivity contribution in [3.8, 4) is 17.2 Å². The minimum atomic E-state index is -0.548. The lowest BCUT2D eigenvalue weighted by atomic mass is 9.88. The fourth-order valence-corrected chi connectivity index (χ4v) is 5.32. The van der Waals surface area contributed by atoms with Crippen LogP contribution in [-0.4, -0.2) is 52.5 Å². The Morgan fingerprint density at radius 2 is 1.86 bits per heavy atom. The van der Waals surface area contributed by atoms with Gasteiger partial charge in [0.2, 0.25) is 0 Å². The smallest absolute Gasteiger partial charge is 0.183 e. The molecule has 1 aliphatic rings. The first kappa shape index (κ1) is 22.8. The molecule has 184 valence electrons. The van der Waals surface area contributed by atoms with E-state index in [0.29, 0.717) is 18.2 Å². The Hall–Kier alpha value is -3.61. The Balaban J connectivity index is 1.04. The van der Waals surface area contributed by atoms with E-state index in [1.165, 1.54) is 16.3 Å². The van der Waals surface area contributed by atoms with Crippen LogP contribution in [0.5, 0.6) is 5.75 Å². The second-order valence-corrected chi connectivity index (χ2v) is 9.88. The molecule has 2 aromatic heterocycles. The molecule has 6 rings (SSSR count). The third-order valence-electron chi connectivity index (χ3n) is 7.25. The monoisotopic (exact) mass is 481 g/mol. The number of H-pyrrole nitrogens is 1. The van der Waals surface area contributed by atoms with E-state index in [9.17, 15) is 5.11 Å². The maximum Gasteiger partial charge on any atom is 0.183 e. The van der Waals surface area contributed by atoms with E-state index >= 15 is 0 Å². The van der Waals surface area contributed by atoms with Gasteiger partial charge in [-0.3, -0.25) is 0 Å². The van der Waals surface area contributed by atoms with Crippen molar-refractivity contribution in [3.63, 3.8) is 0 Å². The fraction of sp³-hybridized carbons (Fsp3) is 0.300. The Morgan fingerprint density at radius 1 is 1.03 bits per heavy atom. The molecule has 1 unspecified atom stereocenters. The summed E-state index contributed by atoms with van der Waals surface area (Å²) in [5, 5.41) is 18.3. The van der Waals surface area contributed by atoms with Crippen LogP contribution < -0.4 is 4.74 Å². The largest absolute Gasteiger partial charge is 0.490 e. The average Bonchev–Trinajstić information content (AvgIpc) is 3.54. The van der Waals surface area contributed by atoms with Crippen LogP contribution in [0.15, 0.2) is 77.3 Å². The number of fused-ring (bicyclic) bond motifs is 2. The minimum absolute atomic E-state index is 0.256. The van der Waals surface area contributed by atoms with Crippen LogP contribution in [0.4, 0.5) is 0 Å². The third kappa shape index (κ3) is 4.74. The molecule has 1 aliphatic heterocycles. The zero-order chi connectivity index (χ0) is 24.5. The van der Waals surface area contributed by atoms with Gasteiger partial charge in [0.1, 0.15) is 18.5 Å². The zero-order valence-electron chi connectivity index (χ0n) is 20.5. The van der Waals surface area contributed by atoms with Gasteiger partial charge in [-0.25, -0.2) is 0 Å². The van der Waals surface area contributed by atoms with E-state index in [2.05, 4.69) is 57.5 Å². The lowest BCUT2D eigenvalue weighted by molar-refractivity contribution is 0.0599. The molecule has 0 radical (unpaired) electrons. The van der Waals surface area contributed by atoms with Crippen LogP contribution in [0.25, 0.3) is 33.1 Å². The van der Waals surface area contributed by atoms with E-state index in [1.54, 1.807) is 0 Å². The van der Waals surface area contributed by atoms with Crippen LogP contribution in [-0.2, 0) is 0 Å². The number of hydrogen-bond donors (Lipinski definition) is 2. The lowest BCUT2D eigenvalue weighted by Gasteiger charge is -2.33. The number of likely N-dealkylation sites (tertiary alicyclic amines) is 1. The Morgan fingerprint density at radius 3 is 2.67 bits per heavy atom. The van der Waals surface area contributed by atoms with Gasteiger partial charge in [-0.1, -0.05) is 53.7 Å². The maximum atomic E-state index is 10.7. The molecule has 0 spiro atoms. The molecule has 5 aromatic rings. The summed E-state index contributed by atoms with van der Waals surface area (Å²) < 4.78 is 11.5. The quantitative estimate of drug-likeness (QED) is 0.303. The number of benzene rings is 3. The van der Waals surface area contributed by atoms with E-state index in [0.717, 1.165) is 54.0 Å². The van der Waals surface area contributed by atoms with Crippen molar-refractivity contribution in [2.24, 2.45) is 0 Å². The number of aromatic amines is 1. The summed E-state index contributed by atoms with van der Waals surface area (Å²) in [6, 6.07) is 25.2. The molecule has 1 saturated heterocycles. The number of aliphatic hydroxyl groups is 1. The van der Waals surface area contributed by atoms with Gasteiger partial charge in [0, 0.05) is 23.5 Å². The predicted octanol–water partition coefficient (Wildman–Crippen LogP) is 5.90. The highest BCUT2D eigenvalue weighted by Gasteiger charge is 2.23. The predicted molar refractivity (Wildman–Crippen MR) is 142 cm³/mol. The van der Waals surface area contributed by atoms with Gasteiger partial charge in [-0.2, -0.15) is 0 Å². The molecular formula is C30H31N3O3. The van der Waals surface area contributed by atoms with Gasteiger partial charge in [-0.05, 0) is 73.3 Å². The standard InChI is InChI=1S/C30H31N3O3/c1-20-15-30(36-32-20)28-17-26-27(31-28)7-4-8-29(26)35-19-25(34)18-33-13-11-22(12-14-33)24-10-9-21-5-2-3-6-23(21)16-24/h2-10,15-17,22,25,31,34H,11-14,18-19H2,1H3. The first-order valence-corrected chi connectivity index (χ1v) is 12.7. The number of aromatic nitrogens is 2. The van der Waals surface area contributed by atoms with Crippen molar-refractivity contribution >= 4 is 21.7 Å². The molecule has 0 saturated carbocycles. The number of rotatable bonds is 7. The van der Waals surface area contributed by atoms with Crippen molar-refractivity contribution in [2.75, 3.05) is 26.2 Å². The lowest BCUT2D eigenvalue weighted by Crippen LogP contribution is -2.40. The van der Waals surface area contributed by atoms with Crippen molar-refractivity contribution in [1.29, 1.82) is 0 Å². The first-order chi connectivity index (χ1) is 17.6. The van der Waals surface area contributed by atoms with Crippen molar-refractivity contribution < 1.29 is 14.4 Å². The molecule has 1 fully saturated rings. The summed E-state index contributed by atoms with van der Waals surface area (Å²) in [6.07, 6.45) is 1.67. The summed E-state index contributed by atoms with van der Waals surface area (Å²) in [6.45, 7) is 4.75. The third-order valence-corrected chi connectivity index (χ3v) is 7.25. The van der Waals surface area contributed by atoms with Crippen LogP contribution in [0.3, 0.4) is 0 Å². The normalized spacial score (nSPS) is 16.1. The number of aliphatic hydroxyl groups excluding tert-OH is 1. The van der Waals surface area contributed by atoms with E-state index in [1.807, 2.05) is 37.3 Å². The molecule has 36 heavy (non-hydrogen) atoms.